The van der Waals surface area contributed by atoms with Crippen molar-refractivity contribution in [1.29, 1.82) is 0 Å². The number of aryl methyl sites for hydroxylation is 1. The summed E-state index contributed by atoms with van der Waals surface area (Å²) < 4.78 is 49.4. The first-order chi connectivity index (χ1) is 11.3. The standard InChI is InChI=1S/C16H24N2O5S2/c1-11-8-13(9-14(12(11)2)25(22,23)18(4)5)15(19)17-16(3)6-7-24(20,21)10-16/h8-9H,6-7,10H2,1-5H3,(H,17,19). The smallest absolute Gasteiger partial charge is 0.251 e. The maximum atomic E-state index is 12.6. The van der Waals surface area contributed by atoms with E-state index in [1.54, 1.807) is 26.8 Å². The van der Waals surface area contributed by atoms with Gasteiger partial charge in [-0.3, -0.25) is 4.79 Å². The van der Waals surface area contributed by atoms with E-state index in [0.29, 0.717) is 17.5 Å². The molecule has 7 nitrogen and oxygen atoms in total. The minimum Gasteiger partial charge on any atom is -0.346 e. The van der Waals surface area contributed by atoms with E-state index in [1.165, 1.54) is 20.2 Å². The van der Waals surface area contributed by atoms with E-state index in [-0.39, 0.29) is 22.0 Å². The Morgan fingerprint density at radius 3 is 2.32 bits per heavy atom. The molecule has 0 aromatic heterocycles. The molecule has 0 spiro atoms. The molecule has 1 unspecified atom stereocenters. The number of nitrogens with zero attached hydrogens (tertiary/aromatic N) is 1. The second-order valence-corrected chi connectivity index (χ2v) is 11.4. The van der Waals surface area contributed by atoms with E-state index in [4.69, 9.17) is 0 Å². The molecular formula is C16H24N2O5S2. The van der Waals surface area contributed by atoms with Gasteiger partial charge >= 0.3 is 0 Å². The zero-order valence-electron chi connectivity index (χ0n) is 15.1. The molecule has 2 rings (SSSR count). The number of hydrogen-bond donors (Lipinski definition) is 1. The van der Waals surface area contributed by atoms with Crippen molar-refractivity contribution in [2.75, 3.05) is 25.6 Å². The van der Waals surface area contributed by atoms with Crippen molar-refractivity contribution in [2.24, 2.45) is 0 Å². The molecule has 0 aliphatic carbocycles. The fraction of sp³-hybridized carbons (Fsp3) is 0.562. The summed E-state index contributed by atoms with van der Waals surface area (Å²) in [7, 11) is -3.98. The number of sulfone groups is 1. The number of benzene rings is 1. The highest BCUT2D eigenvalue weighted by molar-refractivity contribution is 7.91. The quantitative estimate of drug-likeness (QED) is 0.824. The van der Waals surface area contributed by atoms with Gasteiger partial charge in [-0.15, -0.1) is 0 Å². The fourth-order valence-electron chi connectivity index (χ4n) is 2.88. The zero-order valence-corrected chi connectivity index (χ0v) is 16.7. The van der Waals surface area contributed by atoms with Gasteiger partial charge in [0.1, 0.15) is 0 Å². The van der Waals surface area contributed by atoms with E-state index in [1.807, 2.05) is 0 Å². The molecular weight excluding hydrogens is 364 g/mol. The lowest BCUT2D eigenvalue weighted by Crippen LogP contribution is -2.47. The van der Waals surface area contributed by atoms with Crippen LogP contribution in [0.3, 0.4) is 0 Å². The van der Waals surface area contributed by atoms with Crippen LogP contribution < -0.4 is 5.32 Å². The summed E-state index contributed by atoms with van der Waals surface area (Å²) >= 11 is 0. The number of nitrogens with one attached hydrogen (secondary N) is 1. The predicted octanol–water partition coefficient (Wildman–Crippen LogP) is 0.861. The first-order valence-electron chi connectivity index (χ1n) is 7.84. The van der Waals surface area contributed by atoms with E-state index in [2.05, 4.69) is 5.32 Å². The topological polar surface area (TPSA) is 101 Å². The number of carbonyl (C=O) groups excluding carboxylic acids is 1. The molecule has 0 saturated carbocycles. The Labute approximate surface area is 149 Å². The average molecular weight is 389 g/mol. The summed E-state index contributed by atoms with van der Waals surface area (Å²) in [5, 5.41) is 2.76. The van der Waals surface area contributed by atoms with Gasteiger partial charge in [0.2, 0.25) is 10.0 Å². The lowest BCUT2D eigenvalue weighted by atomic mass is 10.00. The number of carbonyl (C=O) groups is 1. The maximum Gasteiger partial charge on any atom is 0.251 e. The van der Waals surface area contributed by atoms with Gasteiger partial charge < -0.3 is 5.32 Å². The Balaban J connectivity index is 2.41. The highest BCUT2D eigenvalue weighted by Crippen LogP contribution is 2.26. The molecule has 1 amide bonds. The van der Waals surface area contributed by atoms with Crippen LogP contribution >= 0.6 is 0 Å². The fourth-order valence-corrected chi connectivity index (χ4v) is 6.19. The van der Waals surface area contributed by atoms with Crippen LogP contribution in [0.1, 0.15) is 34.8 Å². The van der Waals surface area contributed by atoms with Gasteiger partial charge in [-0.2, -0.15) is 0 Å². The van der Waals surface area contributed by atoms with Crippen LogP contribution in [-0.2, 0) is 19.9 Å². The summed E-state index contributed by atoms with van der Waals surface area (Å²) in [6.07, 6.45) is 0.342. The molecule has 1 N–H and O–H groups in total. The van der Waals surface area contributed by atoms with Crippen LogP contribution in [0.5, 0.6) is 0 Å². The Morgan fingerprint density at radius 2 is 1.84 bits per heavy atom. The summed E-state index contributed by atoms with van der Waals surface area (Å²) in [5.74, 6) is -0.547. The predicted molar refractivity (Wildman–Crippen MR) is 95.9 cm³/mol. The molecule has 1 aliphatic heterocycles. The van der Waals surface area contributed by atoms with Crippen molar-refractivity contribution in [2.45, 2.75) is 37.6 Å². The van der Waals surface area contributed by atoms with Crippen LogP contribution in [0.4, 0.5) is 0 Å². The van der Waals surface area contributed by atoms with E-state index in [0.717, 1.165) is 4.31 Å². The lowest BCUT2D eigenvalue weighted by Gasteiger charge is -2.24. The minimum atomic E-state index is -3.69. The molecule has 1 atom stereocenters. The molecule has 1 heterocycles. The van der Waals surface area contributed by atoms with E-state index < -0.39 is 31.3 Å². The SMILES string of the molecule is Cc1cc(C(=O)NC2(C)CCS(=O)(=O)C2)cc(S(=O)(=O)N(C)C)c1C. The number of rotatable bonds is 4. The first-order valence-corrected chi connectivity index (χ1v) is 11.1. The molecule has 1 aromatic rings. The van der Waals surface area contributed by atoms with Gasteiger partial charge in [0.25, 0.3) is 5.91 Å². The van der Waals surface area contributed by atoms with Gasteiger partial charge in [0.15, 0.2) is 9.84 Å². The molecule has 1 aromatic carbocycles. The Kier molecular flexibility index (Phi) is 5.06. The largest absolute Gasteiger partial charge is 0.346 e. The Bertz CT molecular complexity index is 920. The Hall–Kier alpha value is -1.45. The van der Waals surface area contributed by atoms with Crippen molar-refractivity contribution in [1.82, 2.24) is 9.62 Å². The molecule has 1 fully saturated rings. The normalized spacial score (nSPS) is 23.0. The third kappa shape index (κ3) is 4.04. The van der Waals surface area contributed by atoms with Crippen molar-refractivity contribution in [3.05, 3.63) is 28.8 Å². The van der Waals surface area contributed by atoms with Crippen LogP contribution in [0.15, 0.2) is 17.0 Å². The molecule has 0 bridgehead atoms. The Morgan fingerprint density at radius 1 is 1.24 bits per heavy atom. The highest BCUT2D eigenvalue weighted by Gasteiger charge is 2.39. The van der Waals surface area contributed by atoms with Crippen LogP contribution in [0, 0.1) is 13.8 Å². The number of sulfonamides is 1. The van der Waals surface area contributed by atoms with Gasteiger partial charge in [-0.05, 0) is 50.5 Å². The zero-order chi connectivity index (χ0) is 19.2. The van der Waals surface area contributed by atoms with Crippen molar-refractivity contribution in [3.8, 4) is 0 Å². The van der Waals surface area contributed by atoms with Crippen molar-refractivity contribution < 1.29 is 21.6 Å². The van der Waals surface area contributed by atoms with E-state index in [9.17, 15) is 21.6 Å². The van der Waals surface area contributed by atoms with Crippen molar-refractivity contribution in [3.63, 3.8) is 0 Å². The summed E-state index contributed by atoms with van der Waals surface area (Å²) in [5.41, 5.74) is 0.626. The summed E-state index contributed by atoms with van der Waals surface area (Å²) in [6.45, 7) is 5.12. The molecule has 9 heteroatoms. The second kappa shape index (κ2) is 6.37. The third-order valence-electron chi connectivity index (χ3n) is 4.56. The average Bonchev–Trinajstić information content (AvgIpc) is 2.74. The second-order valence-electron chi connectivity index (χ2n) is 7.06. The molecule has 140 valence electrons. The number of hydrogen-bond acceptors (Lipinski definition) is 5. The van der Waals surface area contributed by atoms with Gasteiger partial charge in [0, 0.05) is 19.7 Å². The summed E-state index contributed by atoms with van der Waals surface area (Å²) in [4.78, 5) is 12.7. The van der Waals surface area contributed by atoms with Crippen LogP contribution in [0.25, 0.3) is 0 Å². The molecule has 0 radical (unpaired) electrons. The third-order valence-corrected chi connectivity index (χ3v) is 8.40. The molecule has 25 heavy (non-hydrogen) atoms. The molecule has 1 saturated heterocycles. The van der Waals surface area contributed by atoms with Crippen LogP contribution in [-0.4, -0.2) is 58.2 Å². The highest BCUT2D eigenvalue weighted by atomic mass is 32.2. The van der Waals surface area contributed by atoms with E-state index >= 15 is 0 Å². The van der Waals surface area contributed by atoms with Gasteiger partial charge in [0.05, 0.1) is 21.9 Å². The van der Waals surface area contributed by atoms with Gasteiger partial charge in [-0.1, -0.05) is 0 Å². The van der Waals surface area contributed by atoms with Gasteiger partial charge in [-0.25, -0.2) is 21.1 Å². The van der Waals surface area contributed by atoms with Crippen LogP contribution in [0.2, 0.25) is 0 Å². The monoisotopic (exact) mass is 388 g/mol. The number of amides is 1. The lowest BCUT2D eigenvalue weighted by molar-refractivity contribution is 0.0915. The van der Waals surface area contributed by atoms with Crippen molar-refractivity contribution >= 4 is 25.8 Å². The molecule has 1 aliphatic rings. The minimum absolute atomic E-state index is 0.0387. The maximum absolute atomic E-state index is 12.6. The summed E-state index contributed by atoms with van der Waals surface area (Å²) in [6, 6.07) is 2.96. The first kappa shape index (κ1) is 19.9.